The molecule has 1 N–H and O–H groups in total. The van der Waals surface area contributed by atoms with E-state index < -0.39 is 0 Å². The molecule has 1 aliphatic rings. The van der Waals surface area contributed by atoms with E-state index in [4.69, 9.17) is 9.47 Å². The molecular formula is C15H23NO2. The third-order valence-corrected chi connectivity index (χ3v) is 3.56. The van der Waals surface area contributed by atoms with E-state index in [9.17, 15) is 0 Å². The number of rotatable bonds is 5. The van der Waals surface area contributed by atoms with Gasteiger partial charge in [-0.2, -0.15) is 0 Å². The molecule has 3 nitrogen and oxygen atoms in total. The van der Waals surface area contributed by atoms with Crippen molar-refractivity contribution in [1.29, 1.82) is 0 Å². The van der Waals surface area contributed by atoms with Gasteiger partial charge in [-0.1, -0.05) is 18.2 Å². The fraction of sp³-hybridized carbons (Fsp3) is 0.600. The monoisotopic (exact) mass is 249 g/mol. The van der Waals surface area contributed by atoms with Crippen LogP contribution in [-0.4, -0.2) is 25.9 Å². The molecule has 1 aromatic rings. The molecule has 1 atom stereocenters. The molecule has 1 aliphatic heterocycles. The van der Waals surface area contributed by atoms with Crippen LogP contribution in [-0.2, 0) is 11.2 Å². The Morgan fingerprint density at radius 1 is 1.44 bits per heavy atom. The molecule has 0 fully saturated rings. The summed E-state index contributed by atoms with van der Waals surface area (Å²) in [6.07, 6.45) is 1.01. The molecule has 0 bridgehead atoms. The second-order valence-corrected chi connectivity index (χ2v) is 5.19. The zero-order valence-corrected chi connectivity index (χ0v) is 11.7. The highest BCUT2D eigenvalue weighted by molar-refractivity contribution is 5.46. The molecule has 2 rings (SSSR count). The normalized spacial score (nSPS) is 16.2. The Bertz CT molecular complexity index is 415. The number of benzene rings is 1. The predicted molar refractivity (Wildman–Crippen MR) is 73.1 cm³/mol. The number of nitrogens with one attached hydrogen (secondary N) is 1. The van der Waals surface area contributed by atoms with Gasteiger partial charge in [-0.15, -0.1) is 0 Å². The van der Waals surface area contributed by atoms with Crippen molar-refractivity contribution in [3.63, 3.8) is 0 Å². The van der Waals surface area contributed by atoms with Gasteiger partial charge in [0.2, 0.25) is 0 Å². The molecule has 0 radical (unpaired) electrons. The molecule has 0 spiro atoms. The molecule has 0 aliphatic carbocycles. The summed E-state index contributed by atoms with van der Waals surface area (Å²) in [5, 5.41) is 3.37. The van der Waals surface area contributed by atoms with Crippen LogP contribution >= 0.6 is 0 Å². The molecule has 1 heterocycles. The molecule has 18 heavy (non-hydrogen) atoms. The van der Waals surface area contributed by atoms with Crippen LogP contribution in [0, 0.1) is 0 Å². The minimum atomic E-state index is -0.259. The van der Waals surface area contributed by atoms with Crippen molar-refractivity contribution in [2.45, 2.75) is 38.8 Å². The van der Waals surface area contributed by atoms with E-state index >= 15 is 0 Å². The summed E-state index contributed by atoms with van der Waals surface area (Å²) in [5.41, 5.74) is 2.25. The Morgan fingerprint density at radius 2 is 2.22 bits per heavy atom. The first kappa shape index (κ1) is 13.4. The molecule has 0 aromatic heterocycles. The lowest BCUT2D eigenvalue weighted by Crippen LogP contribution is -2.40. The first-order valence-electron chi connectivity index (χ1n) is 6.66. The Hall–Kier alpha value is -1.06. The highest BCUT2D eigenvalue weighted by atomic mass is 16.5. The number of fused-ring (bicyclic) bond motifs is 1. The van der Waals surface area contributed by atoms with Crippen LogP contribution in [0.2, 0.25) is 0 Å². The topological polar surface area (TPSA) is 30.5 Å². The standard InChI is InChI=1S/C15H23NO2/c1-5-18-15(2,3)14(16-4)12-8-6-7-11-9-10-17-13(11)12/h6-8,14,16H,5,9-10H2,1-4H3. The lowest BCUT2D eigenvalue weighted by Gasteiger charge is -2.35. The summed E-state index contributed by atoms with van der Waals surface area (Å²) < 4.78 is 11.7. The Kier molecular flexibility index (Phi) is 3.93. The number of hydrogen-bond acceptors (Lipinski definition) is 3. The van der Waals surface area contributed by atoms with Crippen LogP contribution in [0.15, 0.2) is 18.2 Å². The Balaban J connectivity index is 2.37. The smallest absolute Gasteiger partial charge is 0.127 e. The van der Waals surface area contributed by atoms with Gasteiger partial charge in [0.1, 0.15) is 5.75 Å². The van der Waals surface area contributed by atoms with Crippen LogP contribution in [0.3, 0.4) is 0 Å². The van der Waals surface area contributed by atoms with E-state index in [1.807, 2.05) is 14.0 Å². The first-order valence-corrected chi connectivity index (χ1v) is 6.66. The minimum Gasteiger partial charge on any atom is -0.493 e. The van der Waals surface area contributed by atoms with Crippen LogP contribution in [0.1, 0.15) is 37.9 Å². The maximum atomic E-state index is 5.88. The third kappa shape index (κ3) is 2.38. The molecule has 0 saturated carbocycles. The zero-order chi connectivity index (χ0) is 13.2. The quantitative estimate of drug-likeness (QED) is 0.870. The average Bonchev–Trinajstić information content (AvgIpc) is 2.78. The third-order valence-electron chi connectivity index (χ3n) is 3.56. The maximum absolute atomic E-state index is 5.88. The molecular weight excluding hydrogens is 226 g/mol. The van der Waals surface area contributed by atoms with E-state index in [0.29, 0.717) is 6.61 Å². The number of para-hydroxylation sites is 1. The highest BCUT2D eigenvalue weighted by Crippen LogP contribution is 2.38. The zero-order valence-electron chi connectivity index (χ0n) is 11.7. The van der Waals surface area contributed by atoms with Gasteiger partial charge >= 0.3 is 0 Å². The van der Waals surface area contributed by atoms with Gasteiger partial charge in [0, 0.05) is 18.6 Å². The Labute approximate surface area is 109 Å². The second kappa shape index (κ2) is 5.29. The summed E-state index contributed by atoms with van der Waals surface area (Å²) in [7, 11) is 1.97. The van der Waals surface area contributed by atoms with Crippen molar-refractivity contribution in [2.24, 2.45) is 0 Å². The molecule has 0 amide bonds. The molecule has 3 heteroatoms. The van der Waals surface area contributed by atoms with Gasteiger partial charge in [0.25, 0.3) is 0 Å². The van der Waals surface area contributed by atoms with Gasteiger partial charge in [0.05, 0.1) is 18.2 Å². The van der Waals surface area contributed by atoms with Gasteiger partial charge in [-0.05, 0) is 33.4 Å². The summed E-state index contributed by atoms with van der Waals surface area (Å²) in [6, 6.07) is 6.51. The van der Waals surface area contributed by atoms with Gasteiger partial charge in [0.15, 0.2) is 0 Å². The van der Waals surface area contributed by atoms with E-state index in [0.717, 1.165) is 18.8 Å². The number of hydrogen-bond donors (Lipinski definition) is 1. The molecule has 1 aromatic carbocycles. The summed E-state index contributed by atoms with van der Waals surface area (Å²) in [6.45, 7) is 7.76. The van der Waals surface area contributed by atoms with Crippen molar-refractivity contribution < 1.29 is 9.47 Å². The van der Waals surface area contributed by atoms with E-state index in [1.54, 1.807) is 0 Å². The van der Waals surface area contributed by atoms with Crippen molar-refractivity contribution in [2.75, 3.05) is 20.3 Å². The van der Waals surface area contributed by atoms with Crippen molar-refractivity contribution >= 4 is 0 Å². The summed E-state index contributed by atoms with van der Waals surface area (Å²) in [5.74, 6) is 1.05. The fourth-order valence-electron chi connectivity index (χ4n) is 2.80. The highest BCUT2D eigenvalue weighted by Gasteiger charge is 2.33. The van der Waals surface area contributed by atoms with Crippen molar-refractivity contribution in [3.05, 3.63) is 29.3 Å². The van der Waals surface area contributed by atoms with E-state index in [1.165, 1.54) is 11.1 Å². The molecule has 1 unspecified atom stereocenters. The van der Waals surface area contributed by atoms with Crippen molar-refractivity contribution in [3.8, 4) is 5.75 Å². The number of ether oxygens (including phenoxy) is 2. The van der Waals surface area contributed by atoms with Gasteiger partial charge in [-0.25, -0.2) is 0 Å². The van der Waals surface area contributed by atoms with Crippen LogP contribution in [0.5, 0.6) is 5.75 Å². The maximum Gasteiger partial charge on any atom is 0.127 e. The minimum absolute atomic E-state index is 0.130. The first-order chi connectivity index (χ1) is 8.60. The van der Waals surface area contributed by atoms with Crippen LogP contribution < -0.4 is 10.1 Å². The Morgan fingerprint density at radius 3 is 2.89 bits per heavy atom. The molecule has 0 saturated heterocycles. The van der Waals surface area contributed by atoms with Crippen molar-refractivity contribution in [1.82, 2.24) is 5.32 Å². The number of likely N-dealkylation sites (N-methyl/N-ethyl adjacent to an activating group) is 1. The van der Waals surface area contributed by atoms with Gasteiger partial charge in [-0.3, -0.25) is 0 Å². The van der Waals surface area contributed by atoms with Gasteiger partial charge < -0.3 is 14.8 Å². The summed E-state index contributed by atoms with van der Waals surface area (Å²) in [4.78, 5) is 0. The summed E-state index contributed by atoms with van der Waals surface area (Å²) >= 11 is 0. The van der Waals surface area contributed by atoms with Crippen LogP contribution in [0.4, 0.5) is 0 Å². The van der Waals surface area contributed by atoms with E-state index in [-0.39, 0.29) is 11.6 Å². The average molecular weight is 249 g/mol. The van der Waals surface area contributed by atoms with E-state index in [2.05, 4.69) is 37.4 Å². The predicted octanol–water partition coefficient (Wildman–Crippen LogP) is 2.70. The second-order valence-electron chi connectivity index (χ2n) is 5.19. The molecule has 100 valence electrons. The lowest BCUT2D eigenvalue weighted by atomic mass is 9.90. The largest absolute Gasteiger partial charge is 0.493 e. The van der Waals surface area contributed by atoms with Crippen LogP contribution in [0.25, 0.3) is 0 Å². The fourth-order valence-corrected chi connectivity index (χ4v) is 2.80. The lowest BCUT2D eigenvalue weighted by molar-refractivity contribution is -0.0379. The SMILES string of the molecule is CCOC(C)(C)C(NC)c1cccc2c1OCC2.